The Kier molecular flexibility index (Phi) is 6.79. The fourth-order valence-electron chi connectivity index (χ4n) is 3.88. The number of piperidine rings is 1. The summed E-state index contributed by atoms with van der Waals surface area (Å²) in [4.78, 5) is 41.6. The van der Waals surface area contributed by atoms with Crippen LogP contribution in [0.3, 0.4) is 0 Å². The molecule has 36 heavy (non-hydrogen) atoms. The molecule has 1 saturated heterocycles. The normalized spacial score (nSPS) is 21.3. The van der Waals surface area contributed by atoms with E-state index in [-0.39, 0.29) is 36.1 Å². The van der Waals surface area contributed by atoms with E-state index in [4.69, 9.17) is 0 Å². The maximum absolute atomic E-state index is 14.6. The number of thiazole rings is 1. The molecule has 15 heteroatoms. The van der Waals surface area contributed by atoms with Gasteiger partial charge in [0.25, 0.3) is 11.8 Å². The highest BCUT2D eigenvalue weighted by atomic mass is 32.1. The van der Waals surface area contributed by atoms with Gasteiger partial charge in [0.15, 0.2) is 16.6 Å². The number of carbonyl (C=O) groups is 3. The molecule has 2 aromatic rings. The van der Waals surface area contributed by atoms with Gasteiger partial charge in [-0.2, -0.15) is 0 Å². The quantitative estimate of drug-likeness (QED) is 0.318. The minimum Gasteiger partial charge on any atom is -0.395 e. The Labute approximate surface area is 205 Å². The number of aromatic nitrogens is 1. The third-order valence-corrected chi connectivity index (χ3v) is 6.78. The summed E-state index contributed by atoms with van der Waals surface area (Å²) < 4.78 is 65.0. The van der Waals surface area contributed by atoms with Gasteiger partial charge in [0.05, 0.1) is 16.3 Å². The Morgan fingerprint density at radius 1 is 1.28 bits per heavy atom. The number of likely N-dealkylation sites (tertiary alicyclic amines) is 1. The first-order valence-corrected chi connectivity index (χ1v) is 11.5. The number of hydrogen-bond donors (Lipinski definition) is 2. The van der Waals surface area contributed by atoms with E-state index >= 15 is 0 Å². The first-order valence-electron chi connectivity index (χ1n) is 10.7. The molecule has 0 radical (unpaired) electrons. The van der Waals surface area contributed by atoms with Crippen LogP contribution in [0.4, 0.5) is 22.7 Å². The third-order valence-electron chi connectivity index (χ3n) is 5.85. The standard InChI is InChI=1S/C21H21F4N5O5S/c1-11(30-6-4-20(22,23)16(9-30)29(2)5-3-17(32)26-10-31)18(33)28-19-27-12-7-13-14(8-15(12)36-19)35-21(24,25)34-13/h3,5,7-8,10-11,16H,4,6,9H2,1-2H3,(H,26,31,32)(H,27,28,33)/b5-3-. The molecule has 0 bridgehead atoms. The molecule has 0 saturated carbocycles. The zero-order valence-corrected chi connectivity index (χ0v) is 19.8. The number of carbonyl (C=O) groups excluding carboxylic acids is 3. The fraction of sp³-hybridized carbons (Fsp3) is 0.429. The van der Waals surface area contributed by atoms with Crippen LogP contribution >= 0.6 is 11.3 Å². The summed E-state index contributed by atoms with van der Waals surface area (Å²) in [5, 5.41) is 4.71. The molecule has 3 heterocycles. The van der Waals surface area contributed by atoms with E-state index in [0.29, 0.717) is 10.2 Å². The molecule has 2 unspecified atom stereocenters. The monoisotopic (exact) mass is 531 g/mol. The second-order valence-electron chi connectivity index (χ2n) is 8.25. The maximum Gasteiger partial charge on any atom is 0.586 e. The van der Waals surface area contributed by atoms with Gasteiger partial charge in [-0.05, 0) is 6.92 Å². The topological polar surface area (TPSA) is 113 Å². The highest BCUT2D eigenvalue weighted by molar-refractivity contribution is 7.22. The van der Waals surface area contributed by atoms with Crippen molar-refractivity contribution in [3.63, 3.8) is 0 Å². The van der Waals surface area contributed by atoms with Gasteiger partial charge in [-0.15, -0.1) is 8.78 Å². The van der Waals surface area contributed by atoms with Crippen LogP contribution in [0.1, 0.15) is 13.3 Å². The number of nitrogens with one attached hydrogen (secondary N) is 2. The average molecular weight is 531 g/mol. The van der Waals surface area contributed by atoms with Gasteiger partial charge in [0.2, 0.25) is 12.3 Å². The van der Waals surface area contributed by atoms with E-state index in [1.807, 2.05) is 5.32 Å². The van der Waals surface area contributed by atoms with Crippen molar-refractivity contribution < 1.29 is 41.4 Å². The average Bonchev–Trinajstić information content (AvgIpc) is 3.31. The molecular weight excluding hydrogens is 510 g/mol. The van der Waals surface area contributed by atoms with Crippen molar-refractivity contribution >= 4 is 44.9 Å². The molecule has 2 aliphatic rings. The molecule has 2 aliphatic heterocycles. The van der Waals surface area contributed by atoms with Gasteiger partial charge < -0.3 is 19.7 Å². The van der Waals surface area contributed by atoms with Crippen molar-refractivity contribution in [2.24, 2.45) is 0 Å². The lowest BCUT2D eigenvalue weighted by Gasteiger charge is -2.43. The van der Waals surface area contributed by atoms with Crippen molar-refractivity contribution in [2.45, 2.75) is 37.6 Å². The molecule has 1 fully saturated rings. The number of fused-ring (bicyclic) bond motifs is 2. The number of hydrogen-bond acceptors (Lipinski definition) is 9. The first-order chi connectivity index (χ1) is 16.9. The Bertz CT molecular complexity index is 1180. The van der Waals surface area contributed by atoms with Gasteiger partial charge in [-0.25, -0.2) is 13.8 Å². The molecule has 3 amide bonds. The van der Waals surface area contributed by atoms with Crippen molar-refractivity contribution in [1.82, 2.24) is 20.1 Å². The number of likely N-dealkylation sites (N-methyl/N-ethyl adjacent to an activating group) is 1. The second kappa shape index (κ2) is 9.54. The third kappa shape index (κ3) is 5.36. The Morgan fingerprint density at radius 2 is 1.97 bits per heavy atom. The van der Waals surface area contributed by atoms with E-state index in [2.05, 4.69) is 19.8 Å². The van der Waals surface area contributed by atoms with Crippen LogP contribution in [0.2, 0.25) is 0 Å². The van der Waals surface area contributed by atoms with Crippen LogP contribution in [0.5, 0.6) is 11.5 Å². The number of anilines is 1. The zero-order valence-electron chi connectivity index (χ0n) is 19.0. The van der Waals surface area contributed by atoms with Crippen LogP contribution in [-0.2, 0) is 14.4 Å². The van der Waals surface area contributed by atoms with Crippen molar-refractivity contribution in [2.75, 3.05) is 25.5 Å². The van der Waals surface area contributed by atoms with E-state index < -0.39 is 42.5 Å². The van der Waals surface area contributed by atoms with Crippen molar-refractivity contribution in [3.8, 4) is 11.5 Å². The van der Waals surface area contributed by atoms with E-state index in [1.54, 1.807) is 11.8 Å². The van der Waals surface area contributed by atoms with Crippen molar-refractivity contribution in [1.29, 1.82) is 0 Å². The lowest BCUT2D eigenvalue weighted by Crippen LogP contribution is -2.59. The molecule has 194 valence electrons. The number of imide groups is 1. The first kappa shape index (κ1) is 25.6. The lowest BCUT2D eigenvalue weighted by atomic mass is 9.98. The van der Waals surface area contributed by atoms with Crippen molar-refractivity contribution in [3.05, 3.63) is 24.4 Å². The van der Waals surface area contributed by atoms with Gasteiger partial charge in [0, 0.05) is 51.0 Å². The van der Waals surface area contributed by atoms with E-state index in [9.17, 15) is 31.9 Å². The summed E-state index contributed by atoms with van der Waals surface area (Å²) in [6.45, 7) is 1.35. The second-order valence-corrected chi connectivity index (χ2v) is 9.28. The molecule has 10 nitrogen and oxygen atoms in total. The minimum absolute atomic E-state index is 0.0449. The highest BCUT2D eigenvalue weighted by Crippen LogP contribution is 2.44. The summed E-state index contributed by atoms with van der Waals surface area (Å²) in [6, 6.07) is 0.474. The molecule has 4 rings (SSSR count). The van der Waals surface area contributed by atoms with Gasteiger partial charge in [-0.1, -0.05) is 11.3 Å². The molecule has 1 aromatic heterocycles. The molecule has 2 atom stereocenters. The largest absolute Gasteiger partial charge is 0.586 e. The maximum atomic E-state index is 14.6. The number of nitrogens with zero attached hydrogens (tertiary/aromatic N) is 3. The molecule has 2 N–H and O–H groups in total. The van der Waals surface area contributed by atoms with E-state index in [0.717, 1.165) is 23.6 Å². The Hall–Kier alpha value is -3.46. The zero-order chi connectivity index (χ0) is 26.3. The van der Waals surface area contributed by atoms with Gasteiger partial charge in [0.1, 0.15) is 6.04 Å². The SMILES string of the molecule is CC(C(=O)Nc1nc2cc3c(cc2s1)OC(F)(F)O3)N1CCC(F)(F)C(N(C)/C=C\C(=O)NC=O)C1. The number of rotatable bonds is 7. The summed E-state index contributed by atoms with van der Waals surface area (Å²) in [7, 11) is 1.37. The van der Waals surface area contributed by atoms with Crippen LogP contribution in [-0.4, -0.2) is 77.4 Å². The lowest BCUT2D eigenvalue weighted by molar-refractivity contribution is -0.286. The molecular formula is C21H21F4N5O5S. The predicted octanol–water partition coefficient (Wildman–Crippen LogP) is 2.37. The van der Waals surface area contributed by atoms with Crippen LogP contribution < -0.4 is 20.1 Å². The van der Waals surface area contributed by atoms with Crippen LogP contribution in [0.25, 0.3) is 10.2 Å². The van der Waals surface area contributed by atoms with Crippen LogP contribution in [0.15, 0.2) is 24.4 Å². The molecule has 0 aliphatic carbocycles. The number of benzene rings is 1. The summed E-state index contributed by atoms with van der Waals surface area (Å²) >= 11 is 1.03. The number of halogens is 4. The van der Waals surface area contributed by atoms with Crippen LogP contribution in [0, 0.1) is 0 Å². The summed E-state index contributed by atoms with van der Waals surface area (Å²) in [6.07, 6.45) is -1.98. The minimum atomic E-state index is -3.76. The number of amides is 3. The Morgan fingerprint density at radius 3 is 2.67 bits per heavy atom. The predicted molar refractivity (Wildman–Crippen MR) is 120 cm³/mol. The molecule has 1 aromatic carbocycles. The Balaban J connectivity index is 1.42. The summed E-state index contributed by atoms with van der Waals surface area (Å²) in [5.74, 6) is -4.65. The molecule has 0 spiro atoms. The smallest absolute Gasteiger partial charge is 0.395 e. The van der Waals surface area contributed by atoms with Gasteiger partial charge in [-0.3, -0.25) is 24.6 Å². The van der Waals surface area contributed by atoms with Gasteiger partial charge >= 0.3 is 6.29 Å². The highest BCUT2D eigenvalue weighted by Gasteiger charge is 2.47. The number of alkyl halides is 4. The van der Waals surface area contributed by atoms with E-state index in [1.165, 1.54) is 24.1 Å². The number of ether oxygens (including phenoxy) is 2. The fourth-order valence-corrected chi connectivity index (χ4v) is 4.76. The summed E-state index contributed by atoms with van der Waals surface area (Å²) in [5.41, 5.74) is 0.313.